The number of likely N-dealkylation sites (tertiary alicyclic amines) is 1. The molecule has 1 atom stereocenters. The second kappa shape index (κ2) is 7.96. The van der Waals surface area contributed by atoms with Gasteiger partial charge in [0.25, 0.3) is 0 Å². The van der Waals surface area contributed by atoms with Crippen LogP contribution in [0.15, 0.2) is 40.9 Å². The van der Waals surface area contributed by atoms with Gasteiger partial charge in [0.05, 0.1) is 12.1 Å². The normalized spacial score (nSPS) is 17.3. The first-order chi connectivity index (χ1) is 12.2. The van der Waals surface area contributed by atoms with Crippen LogP contribution in [0.3, 0.4) is 0 Å². The van der Waals surface area contributed by atoms with Crippen LogP contribution in [0.4, 0.5) is 0 Å². The molecule has 3 rings (SSSR count). The van der Waals surface area contributed by atoms with Gasteiger partial charge in [-0.2, -0.15) is 0 Å². The molecule has 2 amide bonds. The fraction of sp³-hybridized carbons (Fsp3) is 0.421. The Balaban J connectivity index is 1.58. The van der Waals surface area contributed by atoms with Crippen molar-refractivity contribution in [3.05, 3.63) is 42.1 Å². The lowest BCUT2D eigenvalue weighted by atomic mass is 10.0. The maximum Gasteiger partial charge on any atom is 0.228 e. The highest BCUT2D eigenvalue weighted by Gasteiger charge is 2.25. The van der Waals surface area contributed by atoms with Gasteiger partial charge in [0.1, 0.15) is 0 Å². The highest BCUT2D eigenvalue weighted by Crippen LogP contribution is 2.20. The number of carbonyl (C=O) groups is 2. The van der Waals surface area contributed by atoms with Crippen molar-refractivity contribution >= 4 is 11.8 Å². The van der Waals surface area contributed by atoms with Crippen molar-refractivity contribution in [2.45, 2.75) is 38.6 Å². The Morgan fingerprint density at radius 3 is 2.88 bits per heavy atom. The number of hydrogen-bond donors (Lipinski definition) is 1. The van der Waals surface area contributed by atoms with E-state index in [-0.39, 0.29) is 24.3 Å². The highest BCUT2D eigenvalue weighted by atomic mass is 16.5. The Hall–Kier alpha value is -2.63. The molecule has 0 aliphatic carbocycles. The van der Waals surface area contributed by atoms with Crippen molar-refractivity contribution in [2.24, 2.45) is 0 Å². The molecule has 1 aliphatic rings. The van der Waals surface area contributed by atoms with E-state index in [9.17, 15) is 9.59 Å². The molecular formula is C19H23N3O3. The van der Waals surface area contributed by atoms with Gasteiger partial charge in [-0.25, -0.2) is 0 Å². The van der Waals surface area contributed by atoms with Gasteiger partial charge in [0.15, 0.2) is 5.76 Å². The monoisotopic (exact) mass is 341 g/mol. The quantitative estimate of drug-likeness (QED) is 0.906. The van der Waals surface area contributed by atoms with Crippen molar-refractivity contribution < 1.29 is 14.1 Å². The molecule has 0 bridgehead atoms. The molecule has 0 saturated carbocycles. The Bertz CT molecular complexity index is 727. The van der Waals surface area contributed by atoms with E-state index in [0.717, 1.165) is 24.9 Å². The van der Waals surface area contributed by atoms with Gasteiger partial charge in [-0.05, 0) is 12.8 Å². The molecule has 25 heavy (non-hydrogen) atoms. The summed E-state index contributed by atoms with van der Waals surface area (Å²) >= 11 is 0. The minimum Gasteiger partial charge on any atom is -0.356 e. The summed E-state index contributed by atoms with van der Waals surface area (Å²) in [5.74, 6) is 0.710. The first-order valence-electron chi connectivity index (χ1n) is 8.74. The van der Waals surface area contributed by atoms with Crippen molar-refractivity contribution in [1.29, 1.82) is 0 Å². The molecule has 1 saturated heterocycles. The third kappa shape index (κ3) is 4.47. The van der Waals surface area contributed by atoms with Crippen LogP contribution in [-0.4, -0.2) is 41.0 Å². The van der Waals surface area contributed by atoms with Crippen LogP contribution in [0.5, 0.6) is 0 Å². The first-order valence-corrected chi connectivity index (χ1v) is 8.74. The van der Waals surface area contributed by atoms with Crippen LogP contribution < -0.4 is 5.32 Å². The van der Waals surface area contributed by atoms with Gasteiger partial charge in [-0.3, -0.25) is 9.59 Å². The minimum atomic E-state index is 0.0170. The third-order valence-electron chi connectivity index (χ3n) is 4.41. The number of hydrogen-bond acceptors (Lipinski definition) is 4. The highest BCUT2D eigenvalue weighted by molar-refractivity contribution is 5.79. The summed E-state index contributed by atoms with van der Waals surface area (Å²) in [6.45, 7) is 3.12. The van der Waals surface area contributed by atoms with E-state index >= 15 is 0 Å². The predicted molar refractivity (Wildman–Crippen MR) is 93.7 cm³/mol. The Morgan fingerprint density at radius 2 is 2.12 bits per heavy atom. The van der Waals surface area contributed by atoms with Crippen LogP contribution in [0, 0.1) is 0 Å². The third-order valence-corrected chi connectivity index (χ3v) is 4.41. The van der Waals surface area contributed by atoms with Crippen molar-refractivity contribution in [3.8, 4) is 11.3 Å². The summed E-state index contributed by atoms with van der Waals surface area (Å²) in [6.07, 6.45) is 2.49. The summed E-state index contributed by atoms with van der Waals surface area (Å²) in [4.78, 5) is 25.9. The average Bonchev–Trinajstić information content (AvgIpc) is 3.11. The van der Waals surface area contributed by atoms with Gasteiger partial charge in [0, 0.05) is 37.2 Å². The number of nitrogens with one attached hydrogen (secondary N) is 1. The second-order valence-electron chi connectivity index (χ2n) is 6.33. The average molecular weight is 341 g/mol. The number of benzene rings is 1. The van der Waals surface area contributed by atoms with Crippen LogP contribution in [0.2, 0.25) is 0 Å². The lowest BCUT2D eigenvalue weighted by molar-refractivity contribution is -0.133. The molecule has 132 valence electrons. The zero-order chi connectivity index (χ0) is 17.6. The minimum absolute atomic E-state index is 0.0170. The van der Waals surface area contributed by atoms with E-state index < -0.39 is 0 Å². The molecular weight excluding hydrogens is 318 g/mol. The van der Waals surface area contributed by atoms with E-state index in [4.69, 9.17) is 4.52 Å². The molecule has 6 nitrogen and oxygen atoms in total. The largest absolute Gasteiger partial charge is 0.356 e. The standard InChI is InChI=1S/C19H23N3O3/c1-2-18(23)20-15-9-6-10-22(13-15)19(24)12-16-11-17(25-21-16)14-7-4-3-5-8-14/h3-5,7-8,11,15H,2,6,9-10,12-13H2,1H3,(H,20,23)/t15-/m1/s1. The topological polar surface area (TPSA) is 75.4 Å². The molecule has 2 heterocycles. The molecule has 0 unspecified atom stereocenters. The van der Waals surface area contributed by atoms with Crippen molar-refractivity contribution in [1.82, 2.24) is 15.4 Å². The van der Waals surface area contributed by atoms with Crippen LogP contribution in [0.25, 0.3) is 11.3 Å². The number of aromatic nitrogens is 1. The zero-order valence-corrected chi connectivity index (χ0v) is 14.4. The Labute approximate surface area is 147 Å². The number of carbonyl (C=O) groups excluding carboxylic acids is 2. The summed E-state index contributed by atoms with van der Waals surface area (Å²) in [5.41, 5.74) is 1.57. The van der Waals surface area contributed by atoms with Gasteiger partial charge >= 0.3 is 0 Å². The fourth-order valence-electron chi connectivity index (χ4n) is 3.05. The summed E-state index contributed by atoms with van der Waals surface area (Å²) < 4.78 is 5.35. The van der Waals surface area contributed by atoms with E-state index in [2.05, 4.69) is 10.5 Å². The van der Waals surface area contributed by atoms with E-state index in [1.807, 2.05) is 43.3 Å². The Kier molecular flexibility index (Phi) is 5.48. The number of nitrogens with zero attached hydrogens (tertiary/aromatic N) is 2. The summed E-state index contributed by atoms with van der Waals surface area (Å²) in [5, 5.41) is 6.99. The molecule has 1 aliphatic heterocycles. The Morgan fingerprint density at radius 1 is 1.32 bits per heavy atom. The molecule has 1 aromatic carbocycles. The van der Waals surface area contributed by atoms with Crippen LogP contribution in [-0.2, 0) is 16.0 Å². The second-order valence-corrected chi connectivity index (χ2v) is 6.33. The van der Waals surface area contributed by atoms with E-state index in [1.165, 1.54) is 0 Å². The fourth-order valence-corrected chi connectivity index (χ4v) is 3.05. The van der Waals surface area contributed by atoms with Gasteiger partial charge in [-0.15, -0.1) is 0 Å². The first kappa shape index (κ1) is 17.2. The van der Waals surface area contributed by atoms with Crippen LogP contribution >= 0.6 is 0 Å². The van der Waals surface area contributed by atoms with Crippen molar-refractivity contribution in [2.75, 3.05) is 13.1 Å². The van der Waals surface area contributed by atoms with E-state index in [0.29, 0.717) is 24.4 Å². The van der Waals surface area contributed by atoms with Gasteiger partial charge < -0.3 is 14.7 Å². The number of amides is 2. The van der Waals surface area contributed by atoms with Crippen molar-refractivity contribution in [3.63, 3.8) is 0 Å². The molecule has 0 spiro atoms. The maximum absolute atomic E-state index is 12.5. The lowest BCUT2D eigenvalue weighted by Gasteiger charge is -2.33. The number of piperidine rings is 1. The molecule has 1 aromatic heterocycles. The maximum atomic E-state index is 12.5. The van der Waals surface area contributed by atoms with Crippen LogP contribution in [0.1, 0.15) is 31.9 Å². The molecule has 0 radical (unpaired) electrons. The summed E-state index contributed by atoms with van der Waals surface area (Å²) in [6, 6.07) is 11.5. The number of rotatable bonds is 5. The van der Waals surface area contributed by atoms with Gasteiger partial charge in [0.2, 0.25) is 11.8 Å². The van der Waals surface area contributed by atoms with Gasteiger partial charge in [-0.1, -0.05) is 42.4 Å². The SMILES string of the molecule is CCC(=O)N[C@@H]1CCCN(C(=O)Cc2cc(-c3ccccc3)on2)C1. The molecule has 1 fully saturated rings. The van der Waals surface area contributed by atoms with E-state index in [1.54, 1.807) is 4.90 Å². The molecule has 6 heteroatoms. The molecule has 2 aromatic rings. The molecule has 1 N–H and O–H groups in total. The zero-order valence-electron chi connectivity index (χ0n) is 14.4. The summed E-state index contributed by atoms with van der Waals surface area (Å²) in [7, 11) is 0. The predicted octanol–water partition coefficient (Wildman–Crippen LogP) is 2.40. The smallest absolute Gasteiger partial charge is 0.228 e. The lowest BCUT2D eigenvalue weighted by Crippen LogP contribution is -2.49.